The van der Waals surface area contributed by atoms with E-state index in [1.165, 1.54) is 6.07 Å². The summed E-state index contributed by atoms with van der Waals surface area (Å²) in [6, 6.07) is 4.80. The number of ether oxygens (including phenoxy) is 1. The molecule has 0 saturated heterocycles. The topological polar surface area (TPSA) is 21.3 Å². The fourth-order valence-corrected chi connectivity index (χ4v) is 1.35. The van der Waals surface area contributed by atoms with Gasteiger partial charge in [0, 0.05) is 6.54 Å². The number of halogens is 1. The minimum Gasteiger partial charge on any atom is -0.374 e. The van der Waals surface area contributed by atoms with Crippen LogP contribution in [0, 0.1) is 5.82 Å². The summed E-state index contributed by atoms with van der Waals surface area (Å²) in [5.74, 6) is -0.200. The van der Waals surface area contributed by atoms with E-state index >= 15 is 0 Å². The van der Waals surface area contributed by atoms with E-state index in [1.807, 2.05) is 20.9 Å². The Balaban J connectivity index is 2.76. The maximum Gasteiger partial charge on any atom is 0.123 e. The Morgan fingerprint density at radius 3 is 2.67 bits per heavy atom. The monoisotopic (exact) mass is 211 g/mol. The van der Waals surface area contributed by atoms with Crippen molar-refractivity contribution < 1.29 is 9.13 Å². The van der Waals surface area contributed by atoms with Crippen molar-refractivity contribution >= 4 is 0 Å². The van der Waals surface area contributed by atoms with Crippen LogP contribution < -0.4 is 5.32 Å². The number of benzene rings is 1. The van der Waals surface area contributed by atoms with E-state index in [4.69, 9.17) is 4.74 Å². The third-order valence-electron chi connectivity index (χ3n) is 2.11. The first-order valence-electron chi connectivity index (χ1n) is 5.17. The second-order valence-corrected chi connectivity index (χ2v) is 3.80. The molecule has 0 aliphatic carbocycles. The van der Waals surface area contributed by atoms with Crippen LogP contribution in [0.15, 0.2) is 18.2 Å². The molecule has 0 amide bonds. The Morgan fingerprint density at radius 2 is 2.07 bits per heavy atom. The van der Waals surface area contributed by atoms with Crippen molar-refractivity contribution in [2.75, 3.05) is 7.05 Å². The van der Waals surface area contributed by atoms with Crippen LogP contribution in [-0.2, 0) is 17.9 Å². The largest absolute Gasteiger partial charge is 0.374 e. The maximum absolute atomic E-state index is 13.0. The molecule has 0 heterocycles. The lowest BCUT2D eigenvalue weighted by Gasteiger charge is -2.12. The van der Waals surface area contributed by atoms with Crippen LogP contribution in [0.5, 0.6) is 0 Å². The molecule has 0 fully saturated rings. The first-order chi connectivity index (χ1) is 7.13. The Kier molecular flexibility index (Phi) is 4.72. The van der Waals surface area contributed by atoms with Crippen LogP contribution in [0.3, 0.4) is 0 Å². The van der Waals surface area contributed by atoms with Crippen molar-refractivity contribution in [1.29, 1.82) is 0 Å². The lowest BCUT2D eigenvalue weighted by Crippen LogP contribution is -2.10. The molecule has 0 bridgehead atoms. The van der Waals surface area contributed by atoms with Crippen LogP contribution in [0.25, 0.3) is 0 Å². The maximum atomic E-state index is 13.0. The zero-order chi connectivity index (χ0) is 11.3. The number of rotatable bonds is 5. The van der Waals surface area contributed by atoms with E-state index in [1.54, 1.807) is 12.1 Å². The fourth-order valence-electron chi connectivity index (χ4n) is 1.35. The summed E-state index contributed by atoms with van der Waals surface area (Å²) < 4.78 is 18.5. The predicted molar refractivity (Wildman–Crippen MR) is 59.1 cm³/mol. The van der Waals surface area contributed by atoms with Gasteiger partial charge in [-0.1, -0.05) is 6.07 Å². The summed E-state index contributed by atoms with van der Waals surface area (Å²) in [6.45, 7) is 5.17. The normalized spacial score (nSPS) is 11.0. The average Bonchev–Trinajstić information content (AvgIpc) is 2.17. The van der Waals surface area contributed by atoms with Crippen LogP contribution >= 0.6 is 0 Å². The Hall–Kier alpha value is -0.930. The van der Waals surface area contributed by atoms with Crippen molar-refractivity contribution in [3.05, 3.63) is 35.1 Å². The number of hydrogen-bond donors (Lipinski definition) is 1. The van der Waals surface area contributed by atoms with E-state index in [0.29, 0.717) is 13.2 Å². The van der Waals surface area contributed by atoms with Crippen molar-refractivity contribution in [3.8, 4) is 0 Å². The standard InChI is InChI=1S/C12H18FNO/c1-9(2)15-8-10-4-5-12(13)6-11(10)7-14-3/h4-6,9,14H,7-8H2,1-3H3. The van der Waals surface area contributed by atoms with Crippen molar-refractivity contribution in [2.24, 2.45) is 0 Å². The SMILES string of the molecule is CNCc1cc(F)ccc1COC(C)C. The van der Waals surface area contributed by atoms with E-state index in [2.05, 4.69) is 5.32 Å². The van der Waals surface area contributed by atoms with Crippen molar-refractivity contribution in [3.63, 3.8) is 0 Å². The molecule has 2 nitrogen and oxygen atoms in total. The summed E-state index contributed by atoms with van der Waals surface area (Å²) in [7, 11) is 1.85. The molecular formula is C12H18FNO. The highest BCUT2D eigenvalue weighted by molar-refractivity contribution is 5.27. The van der Waals surface area contributed by atoms with E-state index in [-0.39, 0.29) is 11.9 Å². The van der Waals surface area contributed by atoms with E-state index in [0.717, 1.165) is 11.1 Å². The fraction of sp³-hybridized carbons (Fsp3) is 0.500. The van der Waals surface area contributed by atoms with Gasteiger partial charge >= 0.3 is 0 Å². The van der Waals surface area contributed by atoms with Gasteiger partial charge in [-0.15, -0.1) is 0 Å². The number of nitrogens with one attached hydrogen (secondary N) is 1. The van der Waals surface area contributed by atoms with Crippen LogP contribution in [0.2, 0.25) is 0 Å². The van der Waals surface area contributed by atoms with E-state index < -0.39 is 0 Å². The third-order valence-corrected chi connectivity index (χ3v) is 2.11. The van der Waals surface area contributed by atoms with Gasteiger partial charge in [-0.25, -0.2) is 4.39 Å². The van der Waals surface area contributed by atoms with E-state index in [9.17, 15) is 4.39 Å². The lowest BCUT2D eigenvalue weighted by atomic mass is 10.1. The molecule has 1 aromatic carbocycles. The smallest absolute Gasteiger partial charge is 0.123 e. The van der Waals surface area contributed by atoms with Gasteiger partial charge in [-0.3, -0.25) is 0 Å². The molecule has 0 saturated carbocycles. The van der Waals surface area contributed by atoms with Crippen LogP contribution in [0.1, 0.15) is 25.0 Å². The summed E-state index contributed by atoms with van der Waals surface area (Å²) in [4.78, 5) is 0. The molecule has 0 atom stereocenters. The average molecular weight is 211 g/mol. The molecule has 1 aromatic rings. The second-order valence-electron chi connectivity index (χ2n) is 3.80. The first kappa shape index (κ1) is 12.1. The lowest BCUT2D eigenvalue weighted by molar-refractivity contribution is 0.0652. The molecule has 3 heteroatoms. The van der Waals surface area contributed by atoms with Gasteiger partial charge in [-0.2, -0.15) is 0 Å². The Morgan fingerprint density at radius 1 is 1.33 bits per heavy atom. The van der Waals surface area contributed by atoms with Gasteiger partial charge in [0.2, 0.25) is 0 Å². The molecule has 0 radical (unpaired) electrons. The van der Waals surface area contributed by atoms with Crippen LogP contribution in [0.4, 0.5) is 4.39 Å². The summed E-state index contributed by atoms with van der Waals surface area (Å²) >= 11 is 0. The zero-order valence-electron chi connectivity index (χ0n) is 9.51. The Bertz CT molecular complexity index is 312. The molecule has 15 heavy (non-hydrogen) atoms. The summed E-state index contributed by atoms with van der Waals surface area (Å²) in [5, 5.41) is 3.02. The van der Waals surface area contributed by atoms with Gasteiger partial charge < -0.3 is 10.1 Å². The molecular weight excluding hydrogens is 193 g/mol. The first-order valence-corrected chi connectivity index (χ1v) is 5.17. The van der Waals surface area contributed by atoms with Crippen molar-refractivity contribution in [2.45, 2.75) is 33.1 Å². The minimum absolute atomic E-state index is 0.192. The molecule has 0 unspecified atom stereocenters. The molecule has 0 aromatic heterocycles. The van der Waals surface area contributed by atoms with Gasteiger partial charge in [0.1, 0.15) is 5.82 Å². The molecule has 84 valence electrons. The van der Waals surface area contributed by atoms with Gasteiger partial charge in [0.15, 0.2) is 0 Å². The second kappa shape index (κ2) is 5.83. The van der Waals surface area contributed by atoms with Gasteiger partial charge in [0.25, 0.3) is 0 Å². The quantitative estimate of drug-likeness (QED) is 0.807. The Labute approximate surface area is 90.4 Å². The molecule has 0 aliphatic rings. The summed E-state index contributed by atoms with van der Waals surface area (Å²) in [6.07, 6.45) is 0.192. The third kappa shape index (κ3) is 3.98. The molecule has 0 aliphatic heterocycles. The molecule has 1 rings (SSSR count). The highest BCUT2D eigenvalue weighted by atomic mass is 19.1. The van der Waals surface area contributed by atoms with Crippen LogP contribution in [-0.4, -0.2) is 13.2 Å². The predicted octanol–water partition coefficient (Wildman–Crippen LogP) is 2.47. The molecule has 1 N–H and O–H groups in total. The highest BCUT2D eigenvalue weighted by Crippen LogP contribution is 2.13. The van der Waals surface area contributed by atoms with Gasteiger partial charge in [-0.05, 0) is 44.2 Å². The highest BCUT2D eigenvalue weighted by Gasteiger charge is 2.04. The summed E-state index contributed by atoms with van der Waals surface area (Å²) in [5.41, 5.74) is 2.00. The number of hydrogen-bond acceptors (Lipinski definition) is 2. The molecule has 0 spiro atoms. The zero-order valence-corrected chi connectivity index (χ0v) is 9.51. The van der Waals surface area contributed by atoms with Gasteiger partial charge in [0.05, 0.1) is 12.7 Å². The van der Waals surface area contributed by atoms with Crippen molar-refractivity contribution in [1.82, 2.24) is 5.32 Å². The minimum atomic E-state index is -0.200.